The predicted octanol–water partition coefficient (Wildman–Crippen LogP) is 0.716. The van der Waals surface area contributed by atoms with Gasteiger partial charge < -0.3 is 15.4 Å². The van der Waals surface area contributed by atoms with Crippen molar-refractivity contribution in [3.63, 3.8) is 0 Å². The molecule has 92 valence electrons. The van der Waals surface area contributed by atoms with Gasteiger partial charge in [0.25, 0.3) is 0 Å². The zero-order valence-corrected chi connectivity index (χ0v) is 10.0. The third-order valence-corrected chi connectivity index (χ3v) is 3.03. The fraction of sp³-hybridized carbons (Fsp3) is 0.462. The number of methoxy groups -OCH3 is 1. The Morgan fingerprint density at radius 1 is 1.35 bits per heavy atom. The van der Waals surface area contributed by atoms with Crippen molar-refractivity contribution in [1.82, 2.24) is 10.6 Å². The number of benzene rings is 1. The molecule has 0 spiro atoms. The van der Waals surface area contributed by atoms with E-state index in [1.807, 2.05) is 24.3 Å². The summed E-state index contributed by atoms with van der Waals surface area (Å²) >= 11 is 0. The third-order valence-electron chi connectivity index (χ3n) is 3.03. The maximum absolute atomic E-state index is 11.6. The van der Waals surface area contributed by atoms with Crippen LogP contribution in [0.4, 0.5) is 0 Å². The van der Waals surface area contributed by atoms with Crippen LogP contribution in [0.1, 0.15) is 12.0 Å². The zero-order chi connectivity index (χ0) is 12.1. The largest absolute Gasteiger partial charge is 0.496 e. The maximum Gasteiger partial charge on any atom is 0.237 e. The van der Waals surface area contributed by atoms with E-state index in [1.54, 1.807) is 7.11 Å². The molecule has 1 aliphatic rings. The lowest BCUT2D eigenvalue weighted by Gasteiger charge is -2.23. The number of aryl methyl sites for hydroxylation is 1. The van der Waals surface area contributed by atoms with E-state index in [0.29, 0.717) is 0 Å². The molecule has 17 heavy (non-hydrogen) atoms. The van der Waals surface area contributed by atoms with Crippen LogP contribution < -0.4 is 15.4 Å². The number of rotatable bonds is 4. The van der Waals surface area contributed by atoms with Crippen LogP contribution in [0, 0.1) is 0 Å². The Kier molecular flexibility index (Phi) is 3.98. The van der Waals surface area contributed by atoms with Crippen molar-refractivity contribution in [3.8, 4) is 5.75 Å². The summed E-state index contributed by atoms with van der Waals surface area (Å²) in [5, 5.41) is 6.09. The van der Waals surface area contributed by atoms with Crippen LogP contribution >= 0.6 is 0 Å². The number of para-hydroxylation sites is 1. The summed E-state index contributed by atoms with van der Waals surface area (Å²) in [5.41, 5.74) is 1.15. The van der Waals surface area contributed by atoms with Crippen molar-refractivity contribution in [2.75, 3.05) is 20.2 Å². The van der Waals surface area contributed by atoms with Gasteiger partial charge in [-0.3, -0.25) is 4.79 Å². The number of hydrogen-bond acceptors (Lipinski definition) is 3. The van der Waals surface area contributed by atoms with Gasteiger partial charge in [0, 0.05) is 13.1 Å². The number of carbonyl (C=O) groups is 1. The Bertz CT molecular complexity index is 393. The lowest BCUT2D eigenvalue weighted by Crippen LogP contribution is -2.52. The molecule has 1 aromatic rings. The summed E-state index contributed by atoms with van der Waals surface area (Å²) < 4.78 is 5.29. The molecular weight excluding hydrogens is 216 g/mol. The van der Waals surface area contributed by atoms with Crippen LogP contribution in [-0.2, 0) is 11.2 Å². The minimum atomic E-state index is -0.0753. The molecule has 0 aliphatic carbocycles. The standard InChI is InChI=1S/C13H18N2O2/c1-17-12-5-3-2-4-10(12)6-7-11-13(16)15-9-8-14-11/h2-5,11,14H,6-9H2,1H3,(H,15,16). The van der Waals surface area contributed by atoms with Crippen molar-refractivity contribution in [3.05, 3.63) is 29.8 Å². The summed E-state index contributed by atoms with van der Waals surface area (Å²) in [6.45, 7) is 1.58. The van der Waals surface area contributed by atoms with Crippen molar-refractivity contribution in [1.29, 1.82) is 0 Å². The van der Waals surface area contributed by atoms with Crippen LogP contribution in [0.25, 0.3) is 0 Å². The van der Waals surface area contributed by atoms with Gasteiger partial charge in [-0.15, -0.1) is 0 Å². The smallest absolute Gasteiger partial charge is 0.237 e. The van der Waals surface area contributed by atoms with E-state index in [1.165, 1.54) is 0 Å². The maximum atomic E-state index is 11.6. The molecule has 0 radical (unpaired) electrons. The highest BCUT2D eigenvalue weighted by molar-refractivity contribution is 5.82. The zero-order valence-electron chi connectivity index (χ0n) is 10.0. The second-order valence-electron chi connectivity index (χ2n) is 4.15. The van der Waals surface area contributed by atoms with E-state index < -0.39 is 0 Å². The summed E-state index contributed by atoms with van der Waals surface area (Å²) in [7, 11) is 1.67. The van der Waals surface area contributed by atoms with E-state index in [4.69, 9.17) is 4.74 Å². The van der Waals surface area contributed by atoms with Gasteiger partial charge in [-0.2, -0.15) is 0 Å². The Labute approximate surface area is 101 Å². The average Bonchev–Trinajstić information content (AvgIpc) is 2.38. The van der Waals surface area contributed by atoms with Gasteiger partial charge in [0.2, 0.25) is 5.91 Å². The first-order valence-electron chi connectivity index (χ1n) is 5.94. The van der Waals surface area contributed by atoms with Crippen LogP contribution in [0.15, 0.2) is 24.3 Å². The molecule has 4 heteroatoms. The van der Waals surface area contributed by atoms with E-state index in [9.17, 15) is 4.79 Å². The highest BCUT2D eigenvalue weighted by Crippen LogP contribution is 2.19. The molecule has 1 unspecified atom stereocenters. The molecule has 0 bridgehead atoms. The van der Waals surface area contributed by atoms with E-state index >= 15 is 0 Å². The predicted molar refractivity (Wildman–Crippen MR) is 66.1 cm³/mol. The van der Waals surface area contributed by atoms with Gasteiger partial charge in [-0.1, -0.05) is 18.2 Å². The highest BCUT2D eigenvalue weighted by atomic mass is 16.5. The SMILES string of the molecule is COc1ccccc1CCC1NCCNC1=O. The van der Waals surface area contributed by atoms with Gasteiger partial charge >= 0.3 is 0 Å². The monoisotopic (exact) mass is 234 g/mol. The number of piperazine rings is 1. The van der Waals surface area contributed by atoms with Crippen LogP contribution in [0.5, 0.6) is 5.75 Å². The Balaban J connectivity index is 1.94. The van der Waals surface area contributed by atoms with E-state index in [0.717, 1.165) is 37.2 Å². The first kappa shape index (κ1) is 11.9. The second-order valence-corrected chi connectivity index (χ2v) is 4.15. The Morgan fingerprint density at radius 2 is 2.18 bits per heavy atom. The molecule has 1 heterocycles. The quantitative estimate of drug-likeness (QED) is 0.807. The summed E-state index contributed by atoms with van der Waals surface area (Å²) in [6, 6.07) is 7.86. The molecule has 4 nitrogen and oxygen atoms in total. The molecule has 2 N–H and O–H groups in total. The Morgan fingerprint density at radius 3 is 2.94 bits per heavy atom. The molecule has 1 amide bonds. The third kappa shape index (κ3) is 2.97. The number of hydrogen-bond donors (Lipinski definition) is 2. The summed E-state index contributed by atoms with van der Waals surface area (Å²) in [6.07, 6.45) is 1.64. The van der Waals surface area contributed by atoms with E-state index in [2.05, 4.69) is 10.6 Å². The highest BCUT2D eigenvalue weighted by Gasteiger charge is 2.21. The van der Waals surface area contributed by atoms with E-state index in [-0.39, 0.29) is 11.9 Å². The van der Waals surface area contributed by atoms with Crippen LogP contribution in [-0.4, -0.2) is 32.1 Å². The van der Waals surface area contributed by atoms with Gasteiger partial charge in [-0.25, -0.2) is 0 Å². The molecule has 0 saturated carbocycles. The molecule has 1 fully saturated rings. The number of nitrogens with one attached hydrogen (secondary N) is 2. The van der Waals surface area contributed by atoms with Crippen molar-refractivity contribution >= 4 is 5.91 Å². The molecule has 1 saturated heterocycles. The fourth-order valence-corrected chi connectivity index (χ4v) is 2.09. The van der Waals surface area contributed by atoms with Gasteiger partial charge in [-0.05, 0) is 24.5 Å². The molecule has 1 atom stereocenters. The summed E-state index contributed by atoms with van der Waals surface area (Å²) in [4.78, 5) is 11.6. The van der Waals surface area contributed by atoms with Crippen molar-refractivity contribution in [2.24, 2.45) is 0 Å². The number of ether oxygens (including phenoxy) is 1. The average molecular weight is 234 g/mol. The van der Waals surface area contributed by atoms with Crippen LogP contribution in [0.3, 0.4) is 0 Å². The van der Waals surface area contributed by atoms with Crippen molar-refractivity contribution in [2.45, 2.75) is 18.9 Å². The van der Waals surface area contributed by atoms with Crippen LogP contribution in [0.2, 0.25) is 0 Å². The second kappa shape index (κ2) is 5.68. The van der Waals surface area contributed by atoms with Gasteiger partial charge in [0.05, 0.1) is 13.2 Å². The lowest BCUT2D eigenvalue weighted by atomic mass is 10.0. The van der Waals surface area contributed by atoms with Crippen molar-refractivity contribution < 1.29 is 9.53 Å². The molecule has 2 rings (SSSR count). The molecule has 1 aromatic carbocycles. The fourth-order valence-electron chi connectivity index (χ4n) is 2.09. The topological polar surface area (TPSA) is 50.4 Å². The minimum absolute atomic E-state index is 0.0753. The number of carbonyl (C=O) groups excluding carboxylic acids is 1. The normalized spacial score (nSPS) is 19.8. The van der Waals surface area contributed by atoms with Gasteiger partial charge in [0.1, 0.15) is 5.75 Å². The summed E-state index contributed by atoms with van der Waals surface area (Å²) in [5.74, 6) is 0.995. The molecular formula is C13H18N2O2. The number of amides is 1. The van der Waals surface area contributed by atoms with Gasteiger partial charge in [0.15, 0.2) is 0 Å². The Hall–Kier alpha value is -1.55. The molecule has 1 aliphatic heterocycles. The minimum Gasteiger partial charge on any atom is -0.496 e. The lowest BCUT2D eigenvalue weighted by molar-refractivity contribution is -0.124. The first-order chi connectivity index (χ1) is 8.31. The molecule has 0 aromatic heterocycles. The first-order valence-corrected chi connectivity index (χ1v) is 5.94.